The minimum Gasteiger partial charge on any atom is -0.352 e. The van der Waals surface area contributed by atoms with E-state index in [0.29, 0.717) is 13.0 Å². The number of halogens is 2. The van der Waals surface area contributed by atoms with Crippen LogP contribution in [0.2, 0.25) is 0 Å². The molecule has 2 aromatic rings. The normalized spacial score (nSPS) is 12.2. The molecule has 136 valence electrons. The summed E-state index contributed by atoms with van der Waals surface area (Å²) in [5, 5.41) is 4.07. The van der Waals surface area contributed by atoms with E-state index in [1.165, 1.54) is 4.70 Å². The van der Waals surface area contributed by atoms with Gasteiger partial charge in [-0.2, -0.15) is 0 Å². The number of thiazole rings is 1. The fourth-order valence-corrected chi connectivity index (χ4v) is 3.73. The summed E-state index contributed by atoms with van der Waals surface area (Å²) < 4.78 is 1.18. The topological polar surface area (TPSA) is 68.0 Å². The highest BCUT2D eigenvalue weighted by Gasteiger charge is 2.36. The quantitative estimate of drug-likeness (QED) is 0.750. The molecule has 0 radical (unpaired) electrons. The van der Waals surface area contributed by atoms with Crippen LogP contribution in [0.15, 0.2) is 24.3 Å². The zero-order chi connectivity index (χ0) is 16.2. The third-order valence-electron chi connectivity index (χ3n) is 4.39. The molecule has 0 aliphatic carbocycles. The molecule has 1 aromatic heterocycles. The molecule has 0 aliphatic heterocycles. The molecule has 0 saturated carbocycles. The monoisotopic (exact) mass is 391 g/mol. The molecule has 4 nitrogen and oxygen atoms in total. The first-order valence-corrected chi connectivity index (χ1v) is 8.71. The van der Waals surface area contributed by atoms with Gasteiger partial charge in [0.05, 0.1) is 20.6 Å². The van der Waals surface area contributed by atoms with E-state index < -0.39 is 5.41 Å². The maximum absolute atomic E-state index is 12.7. The molecule has 2 rings (SSSR count). The molecule has 1 heterocycles. The maximum Gasteiger partial charge on any atom is 0.226 e. The number of hydrogen-bond acceptors (Lipinski definition) is 4. The van der Waals surface area contributed by atoms with Gasteiger partial charge in [-0.3, -0.25) is 4.79 Å². The molecule has 0 spiro atoms. The van der Waals surface area contributed by atoms with Gasteiger partial charge in [0.25, 0.3) is 0 Å². The lowest BCUT2D eigenvalue weighted by molar-refractivity contribution is -0.132. The molecule has 0 bridgehead atoms. The molecule has 24 heavy (non-hydrogen) atoms. The summed E-state index contributed by atoms with van der Waals surface area (Å²) in [5.74, 6) is 0.0923. The van der Waals surface area contributed by atoms with Gasteiger partial charge >= 0.3 is 0 Å². The van der Waals surface area contributed by atoms with Crippen molar-refractivity contribution in [1.82, 2.24) is 10.3 Å². The van der Waals surface area contributed by atoms with E-state index in [9.17, 15) is 4.79 Å². The van der Waals surface area contributed by atoms with Crippen molar-refractivity contribution in [3.05, 3.63) is 29.3 Å². The number of nitrogens with one attached hydrogen (secondary N) is 1. The lowest BCUT2D eigenvalue weighted by Gasteiger charge is -2.30. The van der Waals surface area contributed by atoms with E-state index in [0.717, 1.165) is 23.4 Å². The van der Waals surface area contributed by atoms with Crippen molar-refractivity contribution in [3.63, 3.8) is 0 Å². The Balaban J connectivity index is 0.00000264. The number of rotatable bonds is 7. The van der Waals surface area contributed by atoms with Gasteiger partial charge in [-0.15, -0.1) is 36.2 Å². The fourth-order valence-electron chi connectivity index (χ4n) is 2.62. The van der Waals surface area contributed by atoms with Crippen molar-refractivity contribution in [1.29, 1.82) is 0 Å². The lowest BCUT2D eigenvalue weighted by Crippen LogP contribution is -2.47. The number of carbonyl (C=O) groups excluding carboxylic acids is 1. The second-order valence-electron chi connectivity index (χ2n) is 5.85. The summed E-state index contributed by atoms with van der Waals surface area (Å²) in [6.07, 6.45) is 2.27. The molecule has 0 fully saturated rings. The summed E-state index contributed by atoms with van der Waals surface area (Å²) in [6.45, 7) is 6.54. The Hall–Kier alpha value is -0.880. The van der Waals surface area contributed by atoms with E-state index in [4.69, 9.17) is 5.73 Å². The number of amides is 1. The predicted octanol–water partition coefficient (Wildman–Crippen LogP) is 3.95. The van der Waals surface area contributed by atoms with Crippen molar-refractivity contribution < 1.29 is 4.79 Å². The predicted molar refractivity (Wildman–Crippen MR) is 107 cm³/mol. The summed E-state index contributed by atoms with van der Waals surface area (Å²) in [6, 6.07) is 8.11. The third-order valence-corrected chi connectivity index (χ3v) is 5.43. The summed E-state index contributed by atoms with van der Waals surface area (Å²) in [7, 11) is 0. The molecule has 7 heteroatoms. The average molecular weight is 392 g/mol. The van der Waals surface area contributed by atoms with Crippen LogP contribution in [0.3, 0.4) is 0 Å². The van der Waals surface area contributed by atoms with Crippen LogP contribution >= 0.6 is 36.2 Å². The first kappa shape index (κ1) is 23.1. The standard InChI is InChI=1S/C17H25N3OS.2ClH/c1-4-17(5-2,16(21)19-12(3)11-18)10-15-20-13-8-6-7-9-14(13)22-15;;/h6-9,12H,4-5,10-11,18H2,1-3H3,(H,19,21);2*1H/t12-;;/m0../s1. The van der Waals surface area contributed by atoms with E-state index >= 15 is 0 Å². The molecule has 0 saturated heterocycles. The number of aromatic nitrogens is 1. The molecular formula is C17H27Cl2N3OS. The van der Waals surface area contributed by atoms with Gasteiger partial charge in [0.1, 0.15) is 0 Å². The minimum absolute atomic E-state index is 0. The second-order valence-corrected chi connectivity index (χ2v) is 6.96. The largest absolute Gasteiger partial charge is 0.352 e. The van der Waals surface area contributed by atoms with Gasteiger partial charge in [-0.1, -0.05) is 26.0 Å². The van der Waals surface area contributed by atoms with E-state index in [2.05, 4.69) is 30.2 Å². The highest BCUT2D eigenvalue weighted by Crippen LogP contribution is 2.34. The Morgan fingerprint density at radius 2 is 1.92 bits per heavy atom. The van der Waals surface area contributed by atoms with Gasteiger partial charge in [0.2, 0.25) is 5.91 Å². The molecule has 1 aromatic carbocycles. The van der Waals surface area contributed by atoms with Crippen molar-refractivity contribution in [2.45, 2.75) is 46.1 Å². The molecule has 1 amide bonds. The number of fused-ring (bicyclic) bond motifs is 1. The number of nitrogens with zero attached hydrogens (tertiary/aromatic N) is 1. The number of hydrogen-bond donors (Lipinski definition) is 2. The van der Waals surface area contributed by atoms with Crippen LogP contribution in [0.1, 0.15) is 38.6 Å². The summed E-state index contributed by atoms with van der Waals surface area (Å²) in [5.41, 5.74) is 6.23. The van der Waals surface area contributed by atoms with E-state index in [1.807, 2.05) is 25.1 Å². The van der Waals surface area contributed by atoms with Crippen LogP contribution in [0, 0.1) is 5.41 Å². The second kappa shape index (κ2) is 10.2. The average Bonchev–Trinajstić information content (AvgIpc) is 2.94. The zero-order valence-corrected chi connectivity index (χ0v) is 16.8. The molecule has 1 atom stereocenters. The highest BCUT2D eigenvalue weighted by molar-refractivity contribution is 7.18. The van der Waals surface area contributed by atoms with Crippen LogP contribution in [-0.2, 0) is 11.2 Å². The highest BCUT2D eigenvalue weighted by atomic mass is 35.5. The van der Waals surface area contributed by atoms with Crippen molar-refractivity contribution in [3.8, 4) is 0 Å². The Labute approximate surface area is 160 Å². The summed E-state index contributed by atoms with van der Waals surface area (Å²) >= 11 is 1.68. The van der Waals surface area contributed by atoms with Gasteiger partial charge in [0, 0.05) is 19.0 Å². The Bertz CT molecular complexity index is 611. The van der Waals surface area contributed by atoms with Crippen molar-refractivity contribution >= 4 is 52.3 Å². The molecule has 0 aliphatic rings. The number of benzene rings is 1. The zero-order valence-electron chi connectivity index (χ0n) is 14.4. The van der Waals surface area contributed by atoms with Gasteiger partial charge < -0.3 is 11.1 Å². The van der Waals surface area contributed by atoms with Crippen LogP contribution in [0.25, 0.3) is 10.2 Å². The lowest BCUT2D eigenvalue weighted by atomic mass is 9.78. The maximum atomic E-state index is 12.7. The fraction of sp³-hybridized carbons (Fsp3) is 0.529. The van der Waals surface area contributed by atoms with Crippen LogP contribution in [0.5, 0.6) is 0 Å². The van der Waals surface area contributed by atoms with Crippen LogP contribution in [0.4, 0.5) is 0 Å². The molecule has 3 N–H and O–H groups in total. The molecular weight excluding hydrogens is 365 g/mol. The SMILES string of the molecule is CCC(CC)(Cc1nc2ccccc2s1)C(=O)N[C@@H](C)CN.Cl.Cl. The Morgan fingerprint density at radius 3 is 2.46 bits per heavy atom. The molecule has 0 unspecified atom stereocenters. The minimum atomic E-state index is -0.405. The Morgan fingerprint density at radius 1 is 1.29 bits per heavy atom. The van der Waals surface area contributed by atoms with Gasteiger partial charge in [-0.05, 0) is 31.9 Å². The number of nitrogens with two attached hydrogens (primary N) is 1. The Kier molecular flexibility index (Phi) is 9.81. The van der Waals surface area contributed by atoms with Crippen molar-refractivity contribution in [2.24, 2.45) is 11.1 Å². The first-order valence-electron chi connectivity index (χ1n) is 7.90. The van der Waals surface area contributed by atoms with E-state index in [1.54, 1.807) is 11.3 Å². The smallest absolute Gasteiger partial charge is 0.226 e. The van der Waals surface area contributed by atoms with Crippen LogP contribution in [-0.4, -0.2) is 23.5 Å². The number of carbonyl (C=O) groups is 1. The van der Waals surface area contributed by atoms with E-state index in [-0.39, 0.29) is 36.8 Å². The van der Waals surface area contributed by atoms with Gasteiger partial charge in [-0.25, -0.2) is 4.98 Å². The third kappa shape index (κ3) is 5.06. The first-order chi connectivity index (χ1) is 10.5. The van der Waals surface area contributed by atoms with Crippen molar-refractivity contribution in [2.75, 3.05) is 6.54 Å². The van der Waals surface area contributed by atoms with Gasteiger partial charge in [0.15, 0.2) is 0 Å². The summed E-state index contributed by atoms with van der Waals surface area (Å²) in [4.78, 5) is 17.4. The van der Waals surface area contributed by atoms with Crippen LogP contribution < -0.4 is 11.1 Å². The number of para-hydroxylation sites is 1.